The molecule has 1 aliphatic heterocycles. The van der Waals surface area contributed by atoms with Crippen molar-refractivity contribution < 1.29 is 0 Å². The van der Waals surface area contributed by atoms with Gasteiger partial charge in [0.05, 0.1) is 12.5 Å². The number of piperazine rings is 1. The molecule has 0 spiro atoms. The van der Waals surface area contributed by atoms with Gasteiger partial charge in [-0.15, -0.1) is 0 Å². The van der Waals surface area contributed by atoms with Crippen molar-refractivity contribution >= 4 is 0 Å². The SMILES string of the molecule is CC1CNCC(CC#N)N1C(C)(C)C. The Bertz CT molecular complexity index is 224. The minimum atomic E-state index is 0.156. The molecule has 0 amide bonds. The molecule has 2 atom stereocenters. The van der Waals surface area contributed by atoms with Crippen molar-refractivity contribution in [2.45, 2.75) is 51.7 Å². The van der Waals surface area contributed by atoms with E-state index in [0.29, 0.717) is 18.5 Å². The molecular formula is C11H21N3. The molecule has 3 heteroatoms. The van der Waals surface area contributed by atoms with Crippen LogP contribution < -0.4 is 5.32 Å². The van der Waals surface area contributed by atoms with Gasteiger partial charge < -0.3 is 5.32 Å². The van der Waals surface area contributed by atoms with E-state index in [1.165, 1.54) is 0 Å². The standard InChI is InChI=1S/C11H21N3/c1-9-7-13-8-10(5-6-12)14(9)11(2,3)4/h9-10,13H,5,7-8H2,1-4H3. The van der Waals surface area contributed by atoms with Gasteiger partial charge in [0.1, 0.15) is 0 Å². The third kappa shape index (κ3) is 2.46. The summed E-state index contributed by atoms with van der Waals surface area (Å²) in [5, 5.41) is 12.2. The number of nitriles is 1. The lowest BCUT2D eigenvalue weighted by Gasteiger charge is -2.48. The van der Waals surface area contributed by atoms with Crippen molar-refractivity contribution in [3.8, 4) is 6.07 Å². The third-order valence-electron chi connectivity index (χ3n) is 2.79. The molecular weight excluding hydrogens is 174 g/mol. The molecule has 0 aromatic heterocycles. The maximum Gasteiger partial charge on any atom is 0.0638 e. The van der Waals surface area contributed by atoms with Crippen LogP contribution in [0.25, 0.3) is 0 Å². The van der Waals surface area contributed by atoms with Gasteiger partial charge in [-0.25, -0.2) is 0 Å². The number of nitrogens with one attached hydrogen (secondary N) is 1. The highest BCUT2D eigenvalue weighted by atomic mass is 15.3. The molecule has 3 nitrogen and oxygen atoms in total. The molecule has 14 heavy (non-hydrogen) atoms. The van der Waals surface area contributed by atoms with Crippen LogP contribution in [0.3, 0.4) is 0 Å². The van der Waals surface area contributed by atoms with Crippen LogP contribution in [0.1, 0.15) is 34.1 Å². The monoisotopic (exact) mass is 195 g/mol. The van der Waals surface area contributed by atoms with Gasteiger partial charge in [-0.2, -0.15) is 5.26 Å². The summed E-state index contributed by atoms with van der Waals surface area (Å²) in [6.07, 6.45) is 0.620. The second-order valence-electron chi connectivity index (χ2n) is 5.10. The minimum absolute atomic E-state index is 0.156. The zero-order valence-corrected chi connectivity index (χ0v) is 9.67. The fourth-order valence-corrected chi connectivity index (χ4v) is 2.50. The molecule has 0 saturated carbocycles. The van der Waals surface area contributed by atoms with Crippen molar-refractivity contribution in [2.24, 2.45) is 0 Å². The molecule has 1 saturated heterocycles. The number of nitrogens with zero attached hydrogens (tertiary/aromatic N) is 2. The Morgan fingerprint density at radius 1 is 1.43 bits per heavy atom. The zero-order valence-electron chi connectivity index (χ0n) is 9.67. The normalized spacial score (nSPS) is 29.9. The third-order valence-corrected chi connectivity index (χ3v) is 2.79. The first kappa shape index (κ1) is 11.5. The van der Waals surface area contributed by atoms with Gasteiger partial charge in [-0.3, -0.25) is 4.90 Å². The fraction of sp³-hybridized carbons (Fsp3) is 0.909. The highest BCUT2D eigenvalue weighted by molar-refractivity contribution is 4.96. The predicted octanol–water partition coefficient (Wildman–Crippen LogP) is 1.36. The summed E-state index contributed by atoms with van der Waals surface area (Å²) in [6, 6.07) is 3.16. The number of rotatable bonds is 1. The first-order chi connectivity index (χ1) is 6.46. The second kappa shape index (κ2) is 4.29. The molecule has 1 aliphatic rings. The molecule has 0 aliphatic carbocycles. The summed E-state index contributed by atoms with van der Waals surface area (Å²) in [4.78, 5) is 2.46. The molecule has 1 fully saturated rings. The predicted molar refractivity (Wildman–Crippen MR) is 57.9 cm³/mol. The molecule has 0 aromatic rings. The van der Waals surface area contributed by atoms with Crippen LogP contribution in [0.4, 0.5) is 0 Å². The Morgan fingerprint density at radius 3 is 2.57 bits per heavy atom. The number of hydrogen-bond acceptors (Lipinski definition) is 3. The summed E-state index contributed by atoms with van der Waals surface area (Å²) >= 11 is 0. The van der Waals surface area contributed by atoms with Crippen molar-refractivity contribution in [1.29, 1.82) is 5.26 Å². The smallest absolute Gasteiger partial charge is 0.0638 e. The van der Waals surface area contributed by atoms with Crippen molar-refractivity contribution in [3.63, 3.8) is 0 Å². The van der Waals surface area contributed by atoms with Crippen LogP contribution in [-0.2, 0) is 0 Å². The van der Waals surface area contributed by atoms with Crippen LogP contribution in [0.2, 0.25) is 0 Å². The highest BCUT2D eigenvalue weighted by Gasteiger charge is 2.34. The van der Waals surface area contributed by atoms with E-state index in [1.807, 2.05) is 0 Å². The summed E-state index contributed by atoms with van der Waals surface area (Å²) in [6.45, 7) is 10.9. The van der Waals surface area contributed by atoms with Gasteiger partial charge >= 0.3 is 0 Å². The Balaban J connectivity index is 2.77. The van der Waals surface area contributed by atoms with Crippen LogP contribution in [0.15, 0.2) is 0 Å². The molecule has 0 aromatic carbocycles. The Hall–Kier alpha value is -0.590. The van der Waals surface area contributed by atoms with Crippen molar-refractivity contribution in [3.05, 3.63) is 0 Å². The van der Waals surface area contributed by atoms with Crippen LogP contribution >= 0.6 is 0 Å². The van der Waals surface area contributed by atoms with Gasteiger partial charge in [0, 0.05) is 30.7 Å². The lowest BCUT2D eigenvalue weighted by molar-refractivity contribution is 0.0204. The molecule has 80 valence electrons. The van der Waals surface area contributed by atoms with Gasteiger partial charge in [-0.1, -0.05) is 0 Å². The Morgan fingerprint density at radius 2 is 2.07 bits per heavy atom. The van der Waals surface area contributed by atoms with E-state index >= 15 is 0 Å². The van der Waals surface area contributed by atoms with Crippen molar-refractivity contribution in [1.82, 2.24) is 10.2 Å². The fourth-order valence-electron chi connectivity index (χ4n) is 2.50. The molecule has 2 unspecified atom stereocenters. The quantitative estimate of drug-likeness (QED) is 0.686. The Kier molecular flexibility index (Phi) is 3.52. The van der Waals surface area contributed by atoms with E-state index in [4.69, 9.17) is 5.26 Å². The minimum Gasteiger partial charge on any atom is -0.314 e. The summed E-state index contributed by atoms with van der Waals surface area (Å²) < 4.78 is 0. The van der Waals surface area contributed by atoms with E-state index < -0.39 is 0 Å². The van der Waals surface area contributed by atoms with Gasteiger partial charge in [0.2, 0.25) is 0 Å². The molecule has 1 heterocycles. The molecule has 0 bridgehead atoms. The van der Waals surface area contributed by atoms with Crippen LogP contribution in [-0.4, -0.2) is 35.6 Å². The summed E-state index contributed by atoms with van der Waals surface area (Å²) in [5.41, 5.74) is 0.156. The van der Waals surface area contributed by atoms with Gasteiger partial charge in [0.25, 0.3) is 0 Å². The maximum atomic E-state index is 8.78. The first-order valence-electron chi connectivity index (χ1n) is 5.33. The lowest BCUT2D eigenvalue weighted by Crippen LogP contribution is -2.62. The number of hydrogen-bond donors (Lipinski definition) is 1. The topological polar surface area (TPSA) is 39.1 Å². The van der Waals surface area contributed by atoms with Gasteiger partial charge in [0.15, 0.2) is 0 Å². The Labute approximate surface area is 87.1 Å². The van der Waals surface area contributed by atoms with E-state index in [1.54, 1.807) is 0 Å². The van der Waals surface area contributed by atoms with Crippen LogP contribution in [0.5, 0.6) is 0 Å². The van der Waals surface area contributed by atoms with E-state index in [2.05, 4.69) is 44.0 Å². The highest BCUT2D eigenvalue weighted by Crippen LogP contribution is 2.23. The van der Waals surface area contributed by atoms with E-state index in [0.717, 1.165) is 13.1 Å². The average Bonchev–Trinajstić information content (AvgIpc) is 2.02. The van der Waals surface area contributed by atoms with E-state index in [-0.39, 0.29) is 5.54 Å². The average molecular weight is 195 g/mol. The summed E-state index contributed by atoms with van der Waals surface area (Å²) in [7, 11) is 0. The first-order valence-corrected chi connectivity index (χ1v) is 5.33. The zero-order chi connectivity index (χ0) is 10.8. The van der Waals surface area contributed by atoms with Crippen molar-refractivity contribution in [2.75, 3.05) is 13.1 Å². The van der Waals surface area contributed by atoms with E-state index in [9.17, 15) is 0 Å². The lowest BCUT2D eigenvalue weighted by atomic mass is 9.96. The largest absolute Gasteiger partial charge is 0.314 e. The van der Waals surface area contributed by atoms with Gasteiger partial charge in [-0.05, 0) is 27.7 Å². The maximum absolute atomic E-state index is 8.78. The van der Waals surface area contributed by atoms with Crippen LogP contribution in [0, 0.1) is 11.3 Å². The summed E-state index contributed by atoms with van der Waals surface area (Å²) in [5.74, 6) is 0. The molecule has 1 rings (SSSR count). The molecule has 0 radical (unpaired) electrons. The second-order valence-corrected chi connectivity index (χ2v) is 5.10. The molecule has 1 N–H and O–H groups in total.